The van der Waals surface area contributed by atoms with Gasteiger partial charge in [-0.05, 0) is 149 Å². The minimum Gasteiger partial charge on any atom is -0.311 e. The van der Waals surface area contributed by atoms with Crippen LogP contribution in [0.5, 0.6) is 0 Å². The molecule has 21 rings (SSSR count). The molecule has 0 bridgehead atoms. The maximum atomic E-state index is 2.47. The van der Waals surface area contributed by atoms with Crippen LogP contribution < -0.4 is 63.9 Å². The molecule has 0 aromatic heterocycles. The molecule has 6 aliphatic heterocycles. The van der Waals surface area contributed by atoms with E-state index in [4.69, 9.17) is 0 Å². The van der Waals surface area contributed by atoms with Gasteiger partial charge in [0.1, 0.15) is 0 Å². The molecule has 0 aliphatic carbocycles. The first kappa shape index (κ1) is 55.5. The second-order valence-electron chi connectivity index (χ2n) is 25.6. The largest absolute Gasteiger partial charge is 0.311 e. The van der Waals surface area contributed by atoms with Crippen molar-refractivity contribution in [2.24, 2.45) is 0 Å². The maximum absolute atomic E-state index is 2.47. The summed E-state index contributed by atoms with van der Waals surface area (Å²) in [6.45, 7) is 0.840. The first-order chi connectivity index (χ1) is 47.7. The Labute approximate surface area is 562 Å². The molecule has 6 heteroatoms. The number of para-hydroxylation sites is 5. The third-order valence-corrected chi connectivity index (χ3v) is 20.6. The molecule has 0 amide bonds. The normalized spacial score (nSPS) is 12.9. The lowest BCUT2D eigenvalue weighted by molar-refractivity contribution is 1.30. The van der Waals surface area contributed by atoms with Gasteiger partial charge in [0.25, 0.3) is 0 Å². The highest BCUT2D eigenvalue weighted by Gasteiger charge is 2.46. The van der Waals surface area contributed by atoms with Crippen LogP contribution in [0.2, 0.25) is 0 Å². The van der Waals surface area contributed by atoms with E-state index in [1.54, 1.807) is 0 Å². The average Bonchev–Trinajstić information content (AvgIpc) is 1.52. The number of fused-ring (bicyclic) bond motifs is 15. The van der Waals surface area contributed by atoms with Crippen LogP contribution in [0, 0.1) is 0 Å². The molecule has 0 unspecified atom stereocenters. The predicted octanol–water partition coefficient (Wildman–Crippen LogP) is 16.9. The summed E-state index contributed by atoms with van der Waals surface area (Å²) in [4.78, 5) is 7.39. The van der Waals surface area contributed by atoms with Crippen molar-refractivity contribution in [3.05, 3.63) is 364 Å². The minimum absolute atomic E-state index is 0.260. The number of hydrogen-bond donors (Lipinski definition) is 0. The van der Waals surface area contributed by atoms with Crippen LogP contribution in [0.1, 0.15) is 0 Å². The van der Waals surface area contributed by atoms with Crippen LogP contribution >= 0.6 is 0 Å². The second-order valence-corrected chi connectivity index (χ2v) is 25.6. The molecule has 6 heterocycles. The van der Waals surface area contributed by atoms with Crippen molar-refractivity contribution < 1.29 is 0 Å². The molecular weight excluding hydrogens is 1160 g/mol. The van der Waals surface area contributed by atoms with E-state index in [9.17, 15) is 0 Å². The molecule has 0 saturated heterocycles. The Kier molecular flexibility index (Phi) is 13.2. The van der Waals surface area contributed by atoms with E-state index < -0.39 is 0 Å². The fourth-order valence-electron chi connectivity index (χ4n) is 16.8. The molecule has 0 N–H and O–H groups in total. The van der Waals surface area contributed by atoms with Crippen molar-refractivity contribution in [1.29, 1.82) is 0 Å². The van der Waals surface area contributed by atoms with Crippen molar-refractivity contribution in [3.8, 4) is 66.8 Å². The van der Waals surface area contributed by atoms with Gasteiger partial charge in [0.05, 0.1) is 5.69 Å². The Bertz CT molecular complexity index is 5500. The van der Waals surface area contributed by atoms with Gasteiger partial charge >= 0.3 is 0 Å². The SMILES string of the molecule is c1ccc(-c2ccc3c4c2N(c2ccccc2)c2ccccc2B4c2ccccc2-3)cc1.c1ccc(-c2cccc(N3c4ccccc4B4c5ccccc5-c5cccc3c54)c2)cc1.c1ccc(-c2ccccc2N2c3ccccc3B3c4ccccc4-c4cccc2c43)cc1. The number of anilines is 9. The standard InChI is InChI=1S/3C30H20BN/c1-3-11-21(12-4-1)23-19-20-25-24-15-7-8-16-26(24)31-27-17-9-10-18-28(27)32(30(23)29(25)31)22-13-5-2-6-14-22;1-2-11-21(12-3-1)22-13-5-8-18-27(22)32-28-19-9-7-17-26(28)31-25-16-6-4-14-23(25)24-15-10-20-29(32)30(24)31;1-2-10-21(11-3-1)22-12-8-13-23(20-22)32-28-18-7-6-17-27(28)31-26-16-5-4-14-24(26)25-15-9-19-29(32)30(25)31/h3*1-20H. The van der Waals surface area contributed by atoms with E-state index >= 15 is 0 Å². The number of benzene rings is 15. The molecule has 0 radical (unpaired) electrons. The average molecular weight is 1220 g/mol. The molecule has 0 spiro atoms. The lowest BCUT2D eigenvalue weighted by atomic mass is 9.37. The van der Waals surface area contributed by atoms with Gasteiger partial charge in [0, 0.05) is 56.6 Å². The zero-order valence-electron chi connectivity index (χ0n) is 52.7. The molecule has 96 heavy (non-hydrogen) atoms. The second kappa shape index (κ2) is 22.9. The molecule has 0 saturated carbocycles. The van der Waals surface area contributed by atoms with Crippen molar-refractivity contribution in [3.63, 3.8) is 0 Å². The van der Waals surface area contributed by atoms with Crippen molar-refractivity contribution in [2.75, 3.05) is 14.7 Å². The van der Waals surface area contributed by atoms with Crippen LogP contribution in [-0.4, -0.2) is 20.1 Å². The third-order valence-electron chi connectivity index (χ3n) is 20.6. The molecule has 0 fully saturated rings. The molecule has 0 atom stereocenters. The number of rotatable bonds is 6. The highest BCUT2D eigenvalue weighted by atomic mass is 15.2. The van der Waals surface area contributed by atoms with Gasteiger partial charge in [-0.15, -0.1) is 0 Å². The quantitative estimate of drug-likeness (QED) is 0.154. The Morgan fingerprint density at radius 1 is 0.167 bits per heavy atom. The maximum Gasteiger partial charge on any atom is 0.248 e. The summed E-state index contributed by atoms with van der Waals surface area (Å²) >= 11 is 0. The number of nitrogens with zero attached hydrogens (tertiary/aromatic N) is 3. The summed E-state index contributed by atoms with van der Waals surface area (Å²) in [6.07, 6.45) is 0. The zero-order valence-corrected chi connectivity index (χ0v) is 52.7. The highest BCUT2D eigenvalue weighted by Crippen LogP contribution is 2.48. The molecule has 444 valence electrons. The summed E-state index contributed by atoms with van der Waals surface area (Å²) in [5.74, 6) is 0. The Morgan fingerprint density at radius 2 is 0.490 bits per heavy atom. The van der Waals surface area contributed by atoms with E-state index in [0.717, 1.165) is 0 Å². The van der Waals surface area contributed by atoms with E-state index in [2.05, 4.69) is 379 Å². The van der Waals surface area contributed by atoms with Crippen LogP contribution in [0.15, 0.2) is 364 Å². The lowest BCUT2D eigenvalue weighted by Gasteiger charge is -2.37. The van der Waals surface area contributed by atoms with Crippen LogP contribution in [0.3, 0.4) is 0 Å². The summed E-state index contributed by atoms with van der Waals surface area (Å²) in [6, 6.07) is 132. The van der Waals surface area contributed by atoms with Crippen molar-refractivity contribution in [1.82, 2.24) is 0 Å². The van der Waals surface area contributed by atoms with Gasteiger partial charge in [-0.2, -0.15) is 0 Å². The van der Waals surface area contributed by atoms with Gasteiger partial charge in [-0.1, -0.05) is 320 Å². The predicted molar refractivity (Wildman–Crippen MR) is 410 cm³/mol. The van der Waals surface area contributed by atoms with E-state index in [0.29, 0.717) is 6.71 Å². The first-order valence-electron chi connectivity index (χ1n) is 33.5. The van der Waals surface area contributed by atoms with Gasteiger partial charge in [-0.3, -0.25) is 0 Å². The van der Waals surface area contributed by atoms with Crippen LogP contribution in [0.25, 0.3) is 66.8 Å². The molecule has 3 nitrogen and oxygen atoms in total. The van der Waals surface area contributed by atoms with E-state index in [-0.39, 0.29) is 13.4 Å². The van der Waals surface area contributed by atoms with Crippen molar-refractivity contribution in [2.45, 2.75) is 0 Å². The highest BCUT2D eigenvalue weighted by molar-refractivity contribution is 7.03. The molecular formula is C90H60B3N3. The fraction of sp³-hybridized carbons (Fsp3) is 0. The van der Waals surface area contributed by atoms with Crippen LogP contribution in [0.4, 0.5) is 51.2 Å². The number of hydrogen-bond acceptors (Lipinski definition) is 3. The first-order valence-corrected chi connectivity index (χ1v) is 33.5. The Balaban J connectivity index is 0.000000102. The van der Waals surface area contributed by atoms with Gasteiger partial charge in [0.15, 0.2) is 0 Å². The lowest BCUT2D eigenvalue weighted by Crippen LogP contribution is -2.54. The summed E-state index contributed by atoms with van der Waals surface area (Å²) < 4.78 is 0. The Hall–Kier alpha value is -12.1. The summed E-state index contributed by atoms with van der Waals surface area (Å²) in [7, 11) is 0. The van der Waals surface area contributed by atoms with Crippen molar-refractivity contribution >= 4 is 120 Å². The van der Waals surface area contributed by atoms with Gasteiger partial charge in [0.2, 0.25) is 20.1 Å². The monoisotopic (exact) mass is 1220 g/mol. The van der Waals surface area contributed by atoms with Gasteiger partial charge < -0.3 is 14.7 Å². The van der Waals surface area contributed by atoms with Crippen LogP contribution in [-0.2, 0) is 0 Å². The van der Waals surface area contributed by atoms with E-state index in [1.807, 2.05) is 0 Å². The minimum atomic E-state index is 0.260. The fourth-order valence-corrected chi connectivity index (χ4v) is 16.8. The smallest absolute Gasteiger partial charge is 0.248 e. The van der Waals surface area contributed by atoms with Gasteiger partial charge in [-0.25, -0.2) is 0 Å². The Morgan fingerprint density at radius 3 is 1.02 bits per heavy atom. The van der Waals surface area contributed by atoms with E-state index in [1.165, 1.54) is 167 Å². The molecule has 15 aromatic rings. The molecule has 6 aliphatic rings. The topological polar surface area (TPSA) is 9.72 Å². The summed E-state index contributed by atoms with van der Waals surface area (Å²) in [5, 5.41) is 0. The zero-order chi connectivity index (χ0) is 63.2. The summed E-state index contributed by atoms with van der Waals surface area (Å²) in [5.41, 5.74) is 39.6. The molecule has 15 aromatic carbocycles. The third kappa shape index (κ3) is 8.72.